The number of amides is 1. The number of nitrogens with zero attached hydrogens (tertiary/aromatic N) is 2. The van der Waals surface area contributed by atoms with Crippen molar-refractivity contribution in [2.75, 3.05) is 13.1 Å². The summed E-state index contributed by atoms with van der Waals surface area (Å²) in [6, 6.07) is 17.1. The number of aromatic nitrogens is 4. The van der Waals surface area contributed by atoms with Gasteiger partial charge in [0.15, 0.2) is 5.69 Å². The lowest BCUT2D eigenvalue weighted by atomic mass is 10.0. The number of hydrogen-bond donors (Lipinski definition) is 5. The van der Waals surface area contributed by atoms with Crippen LogP contribution >= 0.6 is 0 Å². The van der Waals surface area contributed by atoms with Crippen molar-refractivity contribution in [1.82, 2.24) is 30.6 Å². The molecule has 2 aromatic carbocycles. The Kier molecular flexibility index (Phi) is 5.67. The van der Waals surface area contributed by atoms with Crippen molar-refractivity contribution in [1.29, 1.82) is 0 Å². The number of imidazole rings is 2. The number of carbonyl (C=O) groups is 1. The van der Waals surface area contributed by atoms with E-state index >= 15 is 0 Å². The Morgan fingerprint density at radius 2 is 1.34 bits per heavy atom. The topological polar surface area (TPSA) is 125 Å². The Labute approximate surface area is 203 Å². The molecule has 2 fully saturated rings. The van der Waals surface area contributed by atoms with Crippen molar-refractivity contribution < 1.29 is 4.79 Å². The standard InChI is InChI=1S/C27H29N7O/c28-25(35)24-23(33-27(34-24)21-4-2-14-30-21)19-11-7-17(8-12-19)16-5-9-18(10-6-16)22-15-31-26(32-22)20-3-1-13-29-20/h5-12,15,20-21,29-30H,1-4,13-14H2,(H2,28,35)(H,31,32)(H,33,34)/t20-,21-/m0/s1. The Bertz CT molecular complexity index is 1320. The van der Waals surface area contributed by atoms with E-state index in [4.69, 9.17) is 5.73 Å². The summed E-state index contributed by atoms with van der Waals surface area (Å²) in [6.45, 7) is 2.01. The van der Waals surface area contributed by atoms with Crippen LogP contribution in [0.15, 0.2) is 54.7 Å². The molecule has 0 radical (unpaired) electrons. The predicted octanol–water partition coefficient (Wildman–Crippen LogP) is 4.08. The lowest BCUT2D eigenvalue weighted by molar-refractivity contribution is 0.0996. The molecule has 2 aromatic heterocycles. The number of benzene rings is 2. The van der Waals surface area contributed by atoms with Crippen molar-refractivity contribution in [2.45, 2.75) is 37.8 Å². The van der Waals surface area contributed by atoms with Crippen LogP contribution in [0.3, 0.4) is 0 Å². The molecular formula is C27H29N7O. The van der Waals surface area contributed by atoms with E-state index in [1.54, 1.807) is 0 Å². The van der Waals surface area contributed by atoms with E-state index in [-0.39, 0.29) is 11.7 Å². The fourth-order valence-electron chi connectivity index (χ4n) is 5.11. The fourth-order valence-corrected chi connectivity index (χ4v) is 5.11. The first kappa shape index (κ1) is 21.8. The molecule has 0 saturated carbocycles. The lowest BCUT2D eigenvalue weighted by Crippen LogP contribution is -2.15. The van der Waals surface area contributed by atoms with Crippen LogP contribution in [0.1, 0.15) is 59.9 Å². The summed E-state index contributed by atoms with van der Waals surface area (Å²) >= 11 is 0. The summed E-state index contributed by atoms with van der Waals surface area (Å²) in [4.78, 5) is 27.9. The predicted molar refractivity (Wildman–Crippen MR) is 136 cm³/mol. The first-order chi connectivity index (χ1) is 17.2. The van der Waals surface area contributed by atoms with Gasteiger partial charge in [-0.05, 0) is 55.5 Å². The highest BCUT2D eigenvalue weighted by Gasteiger charge is 2.24. The normalized spacial score (nSPS) is 19.9. The molecule has 0 bridgehead atoms. The van der Waals surface area contributed by atoms with Crippen LogP contribution in [0.25, 0.3) is 33.6 Å². The van der Waals surface area contributed by atoms with Crippen molar-refractivity contribution in [2.24, 2.45) is 5.73 Å². The fraction of sp³-hybridized carbons (Fsp3) is 0.296. The molecule has 2 saturated heterocycles. The van der Waals surface area contributed by atoms with Gasteiger partial charge in [-0.3, -0.25) is 4.79 Å². The van der Waals surface area contributed by atoms with E-state index < -0.39 is 5.91 Å². The maximum absolute atomic E-state index is 12.0. The Hall–Kier alpha value is -3.75. The van der Waals surface area contributed by atoms with E-state index in [1.165, 1.54) is 6.42 Å². The smallest absolute Gasteiger partial charge is 0.269 e. The van der Waals surface area contributed by atoms with Crippen molar-refractivity contribution in [3.05, 3.63) is 72.1 Å². The quantitative estimate of drug-likeness (QED) is 0.292. The molecule has 2 aliphatic heterocycles. The first-order valence-corrected chi connectivity index (χ1v) is 12.3. The lowest BCUT2D eigenvalue weighted by Gasteiger charge is -2.07. The number of nitrogens with one attached hydrogen (secondary N) is 4. The van der Waals surface area contributed by atoms with Gasteiger partial charge in [-0.15, -0.1) is 0 Å². The zero-order valence-corrected chi connectivity index (χ0v) is 19.5. The molecular weight excluding hydrogens is 438 g/mol. The summed E-state index contributed by atoms with van der Waals surface area (Å²) in [7, 11) is 0. The molecule has 0 aliphatic carbocycles. The van der Waals surface area contributed by atoms with Crippen LogP contribution in [0.5, 0.6) is 0 Å². The molecule has 8 heteroatoms. The number of aromatic amines is 2. The largest absolute Gasteiger partial charge is 0.364 e. The van der Waals surface area contributed by atoms with Crippen molar-refractivity contribution in [3.8, 4) is 33.6 Å². The second-order valence-electron chi connectivity index (χ2n) is 9.34. The van der Waals surface area contributed by atoms with E-state index in [2.05, 4.69) is 67.0 Å². The zero-order chi connectivity index (χ0) is 23.8. The molecule has 6 rings (SSSR count). The molecule has 178 valence electrons. The Morgan fingerprint density at radius 1 is 0.771 bits per heavy atom. The molecule has 4 aromatic rings. The van der Waals surface area contributed by atoms with Crippen LogP contribution in [-0.4, -0.2) is 38.9 Å². The minimum absolute atomic E-state index is 0.139. The highest BCUT2D eigenvalue weighted by Crippen LogP contribution is 2.30. The van der Waals surface area contributed by atoms with Gasteiger partial charge in [0.25, 0.3) is 5.91 Å². The van der Waals surface area contributed by atoms with Gasteiger partial charge in [-0.25, -0.2) is 9.97 Å². The first-order valence-electron chi connectivity index (χ1n) is 12.3. The average molecular weight is 468 g/mol. The van der Waals surface area contributed by atoms with Gasteiger partial charge in [-0.1, -0.05) is 48.5 Å². The van der Waals surface area contributed by atoms with Crippen LogP contribution in [-0.2, 0) is 0 Å². The molecule has 0 spiro atoms. The minimum atomic E-state index is -0.522. The SMILES string of the molecule is NC(=O)c1nc([C@@H]2CCCN2)[nH]c1-c1ccc(-c2ccc(-c3cnc([C@@H]4CCCN4)[nH]3)cc2)cc1. The molecule has 0 unspecified atom stereocenters. The Morgan fingerprint density at radius 3 is 1.91 bits per heavy atom. The van der Waals surface area contributed by atoms with Gasteiger partial charge in [0, 0.05) is 5.56 Å². The summed E-state index contributed by atoms with van der Waals surface area (Å²) in [5.41, 5.74) is 11.8. The average Bonchev–Trinajstić information content (AvgIpc) is 3.70. The minimum Gasteiger partial charge on any atom is -0.364 e. The van der Waals surface area contributed by atoms with Gasteiger partial charge < -0.3 is 26.3 Å². The van der Waals surface area contributed by atoms with E-state index in [9.17, 15) is 4.79 Å². The van der Waals surface area contributed by atoms with Gasteiger partial charge >= 0.3 is 0 Å². The zero-order valence-electron chi connectivity index (χ0n) is 19.5. The molecule has 8 nitrogen and oxygen atoms in total. The number of nitrogens with two attached hydrogens (primary N) is 1. The third kappa shape index (κ3) is 4.26. The molecule has 35 heavy (non-hydrogen) atoms. The second kappa shape index (κ2) is 9.13. The third-order valence-corrected chi connectivity index (χ3v) is 7.03. The van der Waals surface area contributed by atoms with Gasteiger partial charge in [0.1, 0.15) is 11.6 Å². The molecule has 1 amide bonds. The molecule has 2 aliphatic rings. The monoisotopic (exact) mass is 467 g/mol. The molecule has 2 atom stereocenters. The summed E-state index contributed by atoms with van der Waals surface area (Å²) in [5, 5.41) is 6.89. The van der Waals surface area contributed by atoms with Gasteiger partial charge in [-0.2, -0.15) is 0 Å². The summed E-state index contributed by atoms with van der Waals surface area (Å²) in [5.74, 6) is 1.26. The Balaban J connectivity index is 1.22. The van der Waals surface area contributed by atoms with E-state index in [0.29, 0.717) is 11.7 Å². The molecule has 6 N–H and O–H groups in total. The number of hydrogen-bond acceptors (Lipinski definition) is 5. The van der Waals surface area contributed by atoms with E-state index in [0.717, 1.165) is 71.9 Å². The second-order valence-corrected chi connectivity index (χ2v) is 9.34. The molecule has 4 heterocycles. The number of primary amides is 1. The summed E-state index contributed by atoms with van der Waals surface area (Å²) in [6.07, 6.45) is 6.32. The highest BCUT2D eigenvalue weighted by molar-refractivity contribution is 5.97. The maximum Gasteiger partial charge on any atom is 0.269 e. The number of rotatable bonds is 6. The van der Waals surface area contributed by atoms with E-state index in [1.807, 2.05) is 18.3 Å². The summed E-state index contributed by atoms with van der Waals surface area (Å²) < 4.78 is 0. The number of H-pyrrole nitrogens is 2. The van der Waals surface area contributed by atoms with Gasteiger partial charge in [0.05, 0.1) is 29.7 Å². The van der Waals surface area contributed by atoms with Crippen LogP contribution in [0.2, 0.25) is 0 Å². The maximum atomic E-state index is 12.0. The van der Waals surface area contributed by atoms with Crippen molar-refractivity contribution in [3.63, 3.8) is 0 Å². The highest BCUT2D eigenvalue weighted by atomic mass is 16.1. The third-order valence-electron chi connectivity index (χ3n) is 7.03. The van der Waals surface area contributed by atoms with Crippen molar-refractivity contribution >= 4 is 5.91 Å². The van der Waals surface area contributed by atoms with Crippen LogP contribution in [0.4, 0.5) is 0 Å². The van der Waals surface area contributed by atoms with Gasteiger partial charge in [0.2, 0.25) is 0 Å². The number of carbonyl (C=O) groups excluding carboxylic acids is 1. The van der Waals surface area contributed by atoms with Crippen LogP contribution in [0, 0.1) is 0 Å². The van der Waals surface area contributed by atoms with Crippen LogP contribution < -0.4 is 16.4 Å².